The van der Waals surface area contributed by atoms with E-state index in [1.165, 1.54) is 17.0 Å². The molecule has 2 rings (SSSR count). The molecule has 1 aromatic heterocycles. The molecule has 0 aliphatic rings. The average molecular weight is 342 g/mol. The first-order valence-corrected chi connectivity index (χ1v) is 7.82. The molecule has 1 nitrogen and oxygen atoms in total. The van der Waals surface area contributed by atoms with Crippen molar-refractivity contribution in [3.05, 3.63) is 56.4 Å². The van der Waals surface area contributed by atoms with Gasteiger partial charge in [-0.25, -0.2) is 4.39 Å². The van der Waals surface area contributed by atoms with E-state index in [1.807, 2.05) is 18.2 Å². The monoisotopic (exact) mass is 341 g/mol. The molecule has 1 aromatic carbocycles. The number of nitrogens with two attached hydrogens (primary N) is 1. The molecule has 2 N–H and O–H groups in total. The highest BCUT2D eigenvalue weighted by atomic mass is 79.9. The van der Waals surface area contributed by atoms with Crippen LogP contribution in [0.4, 0.5) is 4.39 Å². The maximum atomic E-state index is 13.0. The highest BCUT2D eigenvalue weighted by Crippen LogP contribution is 2.31. The van der Waals surface area contributed by atoms with E-state index in [4.69, 9.17) is 5.73 Å². The molecule has 0 spiro atoms. The molecular weight excluding hydrogens is 325 g/mol. The summed E-state index contributed by atoms with van der Waals surface area (Å²) >= 11 is 5.24. The van der Waals surface area contributed by atoms with Gasteiger partial charge in [0.2, 0.25) is 0 Å². The highest BCUT2D eigenvalue weighted by molar-refractivity contribution is 9.10. The minimum absolute atomic E-state index is 0.0205. The van der Waals surface area contributed by atoms with E-state index in [1.54, 1.807) is 11.3 Å². The Morgan fingerprint density at radius 3 is 2.42 bits per heavy atom. The second-order valence-corrected chi connectivity index (χ2v) is 7.09. The molecule has 0 radical (unpaired) electrons. The molecule has 0 bridgehead atoms. The molecule has 1 unspecified atom stereocenters. The number of hydrogen-bond acceptors (Lipinski definition) is 2. The van der Waals surface area contributed by atoms with Crippen LogP contribution in [0.15, 0.2) is 40.2 Å². The van der Waals surface area contributed by atoms with E-state index < -0.39 is 0 Å². The minimum atomic E-state index is -0.214. The third kappa shape index (κ3) is 3.25. The summed E-state index contributed by atoms with van der Waals surface area (Å²) in [4.78, 5) is 1.25. The van der Waals surface area contributed by atoms with E-state index >= 15 is 0 Å². The Labute approximate surface area is 125 Å². The van der Waals surface area contributed by atoms with Crippen molar-refractivity contribution < 1.29 is 4.39 Å². The van der Waals surface area contributed by atoms with Gasteiger partial charge in [-0.3, -0.25) is 0 Å². The highest BCUT2D eigenvalue weighted by Gasteiger charge is 2.29. The fraction of sp³-hybridized carbons (Fsp3) is 0.333. The van der Waals surface area contributed by atoms with Crippen LogP contribution in [0.3, 0.4) is 0 Å². The summed E-state index contributed by atoms with van der Waals surface area (Å²) in [7, 11) is 0. The summed E-state index contributed by atoms with van der Waals surface area (Å²) in [5.41, 5.74) is 7.24. The Morgan fingerprint density at radius 1 is 1.26 bits per heavy atom. The van der Waals surface area contributed by atoms with Crippen LogP contribution in [0.5, 0.6) is 0 Å². The number of benzene rings is 1. The topological polar surface area (TPSA) is 26.0 Å². The Bertz CT molecular complexity index is 548. The van der Waals surface area contributed by atoms with E-state index in [2.05, 4.69) is 35.2 Å². The molecule has 4 heteroatoms. The lowest BCUT2D eigenvalue weighted by molar-refractivity contribution is 0.407. The SMILES string of the molecule is CC(C)(c1ccc(F)cc1)C(N)Cc1sccc1Br. The maximum Gasteiger partial charge on any atom is 0.123 e. The van der Waals surface area contributed by atoms with Crippen molar-refractivity contribution in [3.8, 4) is 0 Å². The van der Waals surface area contributed by atoms with Gasteiger partial charge in [0, 0.05) is 20.8 Å². The van der Waals surface area contributed by atoms with Crippen LogP contribution < -0.4 is 5.73 Å². The molecule has 0 aliphatic heterocycles. The van der Waals surface area contributed by atoms with Gasteiger partial charge in [0.05, 0.1) is 0 Å². The standard InChI is InChI=1S/C15H17BrFNS/c1-15(2,10-3-5-11(17)6-4-10)14(18)9-13-12(16)7-8-19-13/h3-8,14H,9,18H2,1-2H3. The second-order valence-electron chi connectivity index (χ2n) is 5.23. The summed E-state index contributed by atoms with van der Waals surface area (Å²) < 4.78 is 14.1. The molecule has 2 aromatic rings. The van der Waals surface area contributed by atoms with Gasteiger partial charge in [0.15, 0.2) is 0 Å². The van der Waals surface area contributed by atoms with Gasteiger partial charge in [-0.15, -0.1) is 11.3 Å². The van der Waals surface area contributed by atoms with Crippen molar-refractivity contribution in [3.63, 3.8) is 0 Å². The quantitative estimate of drug-likeness (QED) is 0.870. The Hall–Kier alpha value is -0.710. The number of thiophene rings is 1. The van der Waals surface area contributed by atoms with Crippen LogP contribution in [-0.4, -0.2) is 6.04 Å². The van der Waals surface area contributed by atoms with Crippen molar-refractivity contribution >= 4 is 27.3 Å². The predicted octanol–water partition coefficient (Wildman–Crippen LogP) is 4.50. The van der Waals surface area contributed by atoms with E-state index in [-0.39, 0.29) is 17.3 Å². The summed E-state index contributed by atoms with van der Waals surface area (Å²) in [6, 6.07) is 8.64. The Balaban J connectivity index is 2.19. The van der Waals surface area contributed by atoms with E-state index in [9.17, 15) is 4.39 Å². The normalized spacial score (nSPS) is 13.5. The first-order valence-electron chi connectivity index (χ1n) is 6.14. The summed E-state index contributed by atoms with van der Waals surface area (Å²) in [5.74, 6) is -0.214. The van der Waals surface area contributed by atoms with Gasteiger partial charge in [-0.1, -0.05) is 26.0 Å². The summed E-state index contributed by atoms with van der Waals surface area (Å²) in [6.45, 7) is 4.21. The van der Waals surface area contributed by atoms with E-state index in [0.29, 0.717) is 0 Å². The van der Waals surface area contributed by atoms with Gasteiger partial charge in [0.1, 0.15) is 5.82 Å². The first-order chi connectivity index (χ1) is 8.91. The lowest BCUT2D eigenvalue weighted by Crippen LogP contribution is -2.42. The van der Waals surface area contributed by atoms with Crippen LogP contribution in [-0.2, 0) is 11.8 Å². The number of halogens is 2. The van der Waals surface area contributed by atoms with Gasteiger partial charge in [0.25, 0.3) is 0 Å². The molecule has 19 heavy (non-hydrogen) atoms. The lowest BCUT2D eigenvalue weighted by Gasteiger charge is -2.32. The molecule has 1 atom stereocenters. The fourth-order valence-corrected chi connectivity index (χ4v) is 3.59. The lowest BCUT2D eigenvalue weighted by atomic mass is 9.76. The molecule has 102 valence electrons. The molecule has 0 fully saturated rings. The third-order valence-corrected chi connectivity index (χ3v) is 5.56. The molecule has 0 saturated carbocycles. The molecule has 0 aliphatic carbocycles. The van der Waals surface area contributed by atoms with Crippen molar-refractivity contribution in [2.24, 2.45) is 5.73 Å². The van der Waals surface area contributed by atoms with E-state index in [0.717, 1.165) is 16.5 Å². The van der Waals surface area contributed by atoms with Crippen molar-refractivity contribution in [2.75, 3.05) is 0 Å². The third-order valence-electron chi connectivity index (χ3n) is 3.61. The van der Waals surface area contributed by atoms with Crippen molar-refractivity contribution in [1.29, 1.82) is 0 Å². The molecule has 0 saturated heterocycles. The average Bonchev–Trinajstić information content (AvgIpc) is 2.75. The summed E-state index contributed by atoms with van der Waals surface area (Å²) in [6.07, 6.45) is 0.808. The van der Waals surface area contributed by atoms with Crippen LogP contribution in [0.25, 0.3) is 0 Å². The Morgan fingerprint density at radius 2 is 1.89 bits per heavy atom. The van der Waals surface area contributed by atoms with Gasteiger partial charge in [-0.2, -0.15) is 0 Å². The molecular formula is C15H17BrFNS. The smallest absolute Gasteiger partial charge is 0.123 e. The number of hydrogen-bond donors (Lipinski definition) is 1. The first kappa shape index (κ1) is 14.7. The fourth-order valence-electron chi connectivity index (χ4n) is 2.02. The Kier molecular flexibility index (Phi) is 4.43. The van der Waals surface area contributed by atoms with Crippen molar-refractivity contribution in [1.82, 2.24) is 0 Å². The summed E-state index contributed by atoms with van der Waals surface area (Å²) in [5, 5.41) is 2.05. The zero-order valence-corrected chi connectivity index (χ0v) is 13.4. The zero-order chi connectivity index (χ0) is 14.0. The number of rotatable bonds is 4. The minimum Gasteiger partial charge on any atom is -0.327 e. The second kappa shape index (κ2) is 5.73. The van der Waals surface area contributed by atoms with Gasteiger partial charge in [-0.05, 0) is 51.5 Å². The maximum absolute atomic E-state index is 13.0. The zero-order valence-electron chi connectivity index (χ0n) is 11.0. The van der Waals surface area contributed by atoms with Crippen LogP contribution >= 0.6 is 27.3 Å². The van der Waals surface area contributed by atoms with Crippen LogP contribution in [0.2, 0.25) is 0 Å². The van der Waals surface area contributed by atoms with Gasteiger partial charge < -0.3 is 5.73 Å². The van der Waals surface area contributed by atoms with Crippen LogP contribution in [0, 0.1) is 5.82 Å². The van der Waals surface area contributed by atoms with Gasteiger partial charge >= 0.3 is 0 Å². The van der Waals surface area contributed by atoms with Crippen molar-refractivity contribution in [2.45, 2.75) is 31.7 Å². The molecule has 1 heterocycles. The molecule has 0 amide bonds. The largest absolute Gasteiger partial charge is 0.327 e. The van der Waals surface area contributed by atoms with Crippen LogP contribution in [0.1, 0.15) is 24.3 Å². The predicted molar refractivity (Wildman–Crippen MR) is 83.1 cm³/mol.